The third-order valence-electron chi connectivity index (χ3n) is 3.87. The van der Waals surface area contributed by atoms with Crippen LogP contribution in [-0.2, 0) is 10.2 Å². The van der Waals surface area contributed by atoms with Gasteiger partial charge in [-0.1, -0.05) is 13.8 Å². The van der Waals surface area contributed by atoms with Crippen molar-refractivity contribution in [1.82, 2.24) is 15.6 Å². The molecule has 3 N–H and O–H groups in total. The van der Waals surface area contributed by atoms with E-state index in [1.54, 1.807) is 0 Å². The number of aromatic amines is 1. The van der Waals surface area contributed by atoms with Gasteiger partial charge in [0.2, 0.25) is 5.91 Å². The zero-order chi connectivity index (χ0) is 13.2. The normalized spacial score (nSPS) is 17.5. The Bertz CT molecular complexity index is 405. The van der Waals surface area contributed by atoms with E-state index in [1.807, 2.05) is 19.3 Å². The number of amides is 1. The molecule has 1 saturated carbocycles. The molecule has 0 aliphatic heterocycles. The molecule has 0 spiro atoms. The van der Waals surface area contributed by atoms with Gasteiger partial charge in [-0.15, -0.1) is 0 Å². The van der Waals surface area contributed by atoms with Gasteiger partial charge in [-0.2, -0.15) is 0 Å². The van der Waals surface area contributed by atoms with E-state index >= 15 is 0 Å². The molecule has 1 amide bonds. The van der Waals surface area contributed by atoms with Gasteiger partial charge >= 0.3 is 0 Å². The summed E-state index contributed by atoms with van der Waals surface area (Å²) in [6.07, 6.45) is 3.92. The Hall–Kier alpha value is -1.29. The summed E-state index contributed by atoms with van der Waals surface area (Å²) in [6.45, 7) is 5.72. The van der Waals surface area contributed by atoms with Crippen molar-refractivity contribution in [1.29, 1.82) is 0 Å². The van der Waals surface area contributed by atoms with Gasteiger partial charge in [-0.05, 0) is 32.0 Å². The average Bonchev–Trinajstić information content (AvgIpc) is 2.91. The second kappa shape index (κ2) is 4.76. The highest BCUT2D eigenvalue weighted by molar-refractivity contribution is 5.85. The lowest BCUT2D eigenvalue weighted by Gasteiger charge is -2.25. The molecular weight excluding hydrogens is 226 g/mol. The molecule has 4 heteroatoms. The van der Waals surface area contributed by atoms with Gasteiger partial charge in [0, 0.05) is 30.4 Å². The third kappa shape index (κ3) is 2.58. The number of hydrogen-bond acceptors (Lipinski definition) is 2. The molecule has 2 rings (SSSR count). The van der Waals surface area contributed by atoms with Crippen LogP contribution in [0.25, 0.3) is 0 Å². The van der Waals surface area contributed by atoms with Crippen molar-refractivity contribution < 1.29 is 4.79 Å². The van der Waals surface area contributed by atoms with E-state index in [4.69, 9.17) is 0 Å². The second-order valence-electron chi connectivity index (χ2n) is 5.96. The Balaban J connectivity index is 1.90. The number of aromatic nitrogens is 1. The van der Waals surface area contributed by atoms with Crippen molar-refractivity contribution in [2.24, 2.45) is 5.41 Å². The maximum absolute atomic E-state index is 12.2. The molecule has 0 saturated heterocycles. The summed E-state index contributed by atoms with van der Waals surface area (Å²) in [5.74, 6) is 0.191. The molecule has 1 heterocycles. The maximum atomic E-state index is 12.2. The van der Waals surface area contributed by atoms with Crippen LogP contribution in [0.15, 0.2) is 18.3 Å². The topological polar surface area (TPSA) is 56.9 Å². The van der Waals surface area contributed by atoms with Gasteiger partial charge < -0.3 is 15.6 Å². The monoisotopic (exact) mass is 249 g/mol. The lowest BCUT2D eigenvalue weighted by atomic mass is 9.89. The summed E-state index contributed by atoms with van der Waals surface area (Å²) in [5.41, 5.74) is 0.955. The van der Waals surface area contributed by atoms with Crippen LogP contribution in [-0.4, -0.2) is 31.0 Å². The van der Waals surface area contributed by atoms with Crippen LogP contribution < -0.4 is 10.6 Å². The summed E-state index contributed by atoms with van der Waals surface area (Å²) >= 11 is 0. The molecule has 0 atom stereocenters. The SMILES string of the molecule is CNCC1(C(=O)NCC(C)(C)c2ccc[nH]2)CC1. The fourth-order valence-electron chi connectivity index (χ4n) is 2.31. The van der Waals surface area contributed by atoms with Gasteiger partial charge in [0.05, 0.1) is 5.41 Å². The van der Waals surface area contributed by atoms with Gasteiger partial charge in [-0.3, -0.25) is 4.79 Å². The zero-order valence-electron chi connectivity index (χ0n) is 11.5. The summed E-state index contributed by atoms with van der Waals surface area (Å²) in [7, 11) is 1.90. The predicted molar refractivity (Wildman–Crippen MR) is 72.4 cm³/mol. The Kier molecular flexibility index (Phi) is 3.48. The van der Waals surface area contributed by atoms with E-state index in [1.165, 1.54) is 0 Å². The van der Waals surface area contributed by atoms with E-state index in [0.717, 1.165) is 25.1 Å². The standard InChI is InChI=1S/C14H23N3O/c1-13(2,11-5-4-8-16-11)9-17-12(18)14(6-7-14)10-15-3/h4-5,8,15-16H,6-7,9-10H2,1-3H3,(H,17,18). The van der Waals surface area contributed by atoms with Crippen LogP contribution in [0.1, 0.15) is 32.4 Å². The van der Waals surface area contributed by atoms with Crippen molar-refractivity contribution in [2.75, 3.05) is 20.1 Å². The Morgan fingerprint density at radius 1 is 1.50 bits per heavy atom. The molecule has 1 fully saturated rings. The first-order chi connectivity index (χ1) is 8.50. The molecule has 0 aromatic carbocycles. The van der Waals surface area contributed by atoms with Crippen molar-refractivity contribution in [3.8, 4) is 0 Å². The summed E-state index contributed by atoms with van der Waals surface area (Å²) in [6, 6.07) is 4.05. The van der Waals surface area contributed by atoms with Crippen molar-refractivity contribution in [3.05, 3.63) is 24.0 Å². The number of carbonyl (C=O) groups excluding carboxylic acids is 1. The van der Waals surface area contributed by atoms with Crippen molar-refractivity contribution >= 4 is 5.91 Å². The molecule has 18 heavy (non-hydrogen) atoms. The molecule has 1 aliphatic rings. The van der Waals surface area contributed by atoms with E-state index < -0.39 is 0 Å². The van der Waals surface area contributed by atoms with Gasteiger partial charge in [-0.25, -0.2) is 0 Å². The lowest BCUT2D eigenvalue weighted by Crippen LogP contribution is -2.43. The Morgan fingerprint density at radius 2 is 2.22 bits per heavy atom. The first-order valence-corrected chi connectivity index (χ1v) is 6.57. The minimum atomic E-state index is -0.138. The highest BCUT2D eigenvalue weighted by Crippen LogP contribution is 2.45. The fraction of sp³-hybridized carbons (Fsp3) is 0.643. The number of rotatable bonds is 6. The predicted octanol–water partition coefficient (Wildman–Crippen LogP) is 1.41. The largest absolute Gasteiger partial charge is 0.364 e. The fourth-order valence-corrected chi connectivity index (χ4v) is 2.31. The summed E-state index contributed by atoms with van der Waals surface area (Å²) in [5, 5.41) is 6.21. The van der Waals surface area contributed by atoms with Crippen LogP contribution >= 0.6 is 0 Å². The van der Waals surface area contributed by atoms with Gasteiger partial charge in [0.25, 0.3) is 0 Å². The molecule has 0 radical (unpaired) electrons. The third-order valence-corrected chi connectivity index (χ3v) is 3.87. The van der Waals surface area contributed by atoms with Crippen LogP contribution in [0.5, 0.6) is 0 Å². The quantitative estimate of drug-likeness (QED) is 0.714. The summed E-state index contributed by atoms with van der Waals surface area (Å²) < 4.78 is 0. The lowest BCUT2D eigenvalue weighted by molar-refractivity contribution is -0.126. The maximum Gasteiger partial charge on any atom is 0.227 e. The molecule has 1 aromatic heterocycles. The van der Waals surface area contributed by atoms with Crippen molar-refractivity contribution in [3.63, 3.8) is 0 Å². The van der Waals surface area contributed by atoms with Crippen LogP contribution in [0, 0.1) is 5.41 Å². The minimum Gasteiger partial charge on any atom is -0.364 e. The number of nitrogens with one attached hydrogen (secondary N) is 3. The van der Waals surface area contributed by atoms with Crippen LogP contribution in [0.2, 0.25) is 0 Å². The number of H-pyrrole nitrogens is 1. The minimum absolute atomic E-state index is 0.0606. The van der Waals surface area contributed by atoms with E-state index in [0.29, 0.717) is 6.54 Å². The van der Waals surface area contributed by atoms with E-state index in [2.05, 4.69) is 35.5 Å². The summed E-state index contributed by atoms with van der Waals surface area (Å²) in [4.78, 5) is 15.4. The first kappa shape index (κ1) is 13.1. The highest BCUT2D eigenvalue weighted by Gasteiger charge is 2.49. The molecule has 0 unspecified atom stereocenters. The number of hydrogen-bond donors (Lipinski definition) is 3. The molecule has 4 nitrogen and oxygen atoms in total. The van der Waals surface area contributed by atoms with Crippen LogP contribution in [0.3, 0.4) is 0 Å². The molecule has 1 aromatic rings. The van der Waals surface area contributed by atoms with Gasteiger partial charge in [0.15, 0.2) is 0 Å². The smallest absolute Gasteiger partial charge is 0.227 e. The Labute approximate surface area is 109 Å². The van der Waals surface area contributed by atoms with Gasteiger partial charge in [0.1, 0.15) is 0 Å². The van der Waals surface area contributed by atoms with Crippen LogP contribution in [0.4, 0.5) is 0 Å². The first-order valence-electron chi connectivity index (χ1n) is 6.57. The molecular formula is C14H23N3O. The zero-order valence-corrected chi connectivity index (χ0v) is 11.5. The second-order valence-corrected chi connectivity index (χ2v) is 5.96. The highest BCUT2D eigenvalue weighted by atomic mass is 16.2. The van der Waals surface area contributed by atoms with Crippen molar-refractivity contribution in [2.45, 2.75) is 32.1 Å². The molecule has 1 aliphatic carbocycles. The molecule has 100 valence electrons. The van der Waals surface area contributed by atoms with E-state index in [9.17, 15) is 4.79 Å². The van der Waals surface area contributed by atoms with E-state index in [-0.39, 0.29) is 16.7 Å². The molecule has 0 bridgehead atoms. The Morgan fingerprint density at radius 3 is 2.72 bits per heavy atom. The average molecular weight is 249 g/mol. The number of carbonyl (C=O) groups is 1.